The van der Waals surface area contributed by atoms with Crippen molar-refractivity contribution in [3.8, 4) is 55.6 Å². The highest BCUT2D eigenvalue weighted by Gasteiger charge is 2.38. The molecule has 2 aliphatic rings. The van der Waals surface area contributed by atoms with Crippen LogP contribution in [0.2, 0.25) is 0 Å². The molecule has 62 heavy (non-hydrogen) atoms. The molecule has 0 amide bonds. The van der Waals surface area contributed by atoms with Crippen LogP contribution in [0, 0.1) is 0 Å². The summed E-state index contributed by atoms with van der Waals surface area (Å²) in [5.41, 5.74) is 21.4. The molecule has 0 fully saturated rings. The predicted octanol–water partition coefficient (Wildman–Crippen LogP) is 17.1. The van der Waals surface area contributed by atoms with E-state index < -0.39 is 0 Å². The van der Waals surface area contributed by atoms with Crippen LogP contribution in [0.5, 0.6) is 0 Å². The van der Waals surface area contributed by atoms with Crippen LogP contribution in [0.1, 0.15) is 49.9 Å². The minimum absolute atomic E-state index is 0.103. The predicted molar refractivity (Wildman–Crippen MR) is 265 cm³/mol. The Kier molecular flexibility index (Phi) is 8.17. The zero-order chi connectivity index (χ0) is 41.7. The molecule has 0 radical (unpaired) electrons. The summed E-state index contributed by atoms with van der Waals surface area (Å²) in [6.07, 6.45) is 0. The van der Waals surface area contributed by atoms with Gasteiger partial charge in [-0.15, -0.1) is 11.3 Å². The van der Waals surface area contributed by atoms with Gasteiger partial charge in [-0.2, -0.15) is 0 Å². The van der Waals surface area contributed by atoms with Gasteiger partial charge in [-0.05, 0) is 103 Å². The van der Waals surface area contributed by atoms with Crippen molar-refractivity contribution in [1.29, 1.82) is 0 Å². The topological polar surface area (TPSA) is 3.24 Å². The van der Waals surface area contributed by atoms with Gasteiger partial charge in [-0.3, -0.25) is 0 Å². The van der Waals surface area contributed by atoms with Crippen LogP contribution in [-0.4, -0.2) is 0 Å². The van der Waals surface area contributed by atoms with Crippen LogP contribution in [-0.2, 0) is 10.8 Å². The maximum Gasteiger partial charge on any atom is 0.0540 e. The third-order valence-corrected chi connectivity index (χ3v) is 15.1. The molecule has 0 bridgehead atoms. The normalized spacial score (nSPS) is 14.1. The number of anilines is 3. The zero-order valence-corrected chi connectivity index (χ0v) is 36.2. The molecule has 0 N–H and O–H groups in total. The van der Waals surface area contributed by atoms with Crippen molar-refractivity contribution in [2.75, 3.05) is 4.90 Å². The Hall–Kier alpha value is -7.00. The summed E-state index contributed by atoms with van der Waals surface area (Å²) in [6.45, 7) is 9.52. The van der Waals surface area contributed by atoms with E-state index >= 15 is 0 Å². The van der Waals surface area contributed by atoms with Crippen LogP contribution >= 0.6 is 11.3 Å². The average Bonchev–Trinajstić information content (AvgIpc) is 3.89. The van der Waals surface area contributed by atoms with E-state index in [2.05, 4.69) is 233 Å². The van der Waals surface area contributed by atoms with Gasteiger partial charge < -0.3 is 4.90 Å². The fourth-order valence-electron chi connectivity index (χ4n) is 10.9. The van der Waals surface area contributed by atoms with E-state index in [1.54, 1.807) is 0 Å². The first-order chi connectivity index (χ1) is 30.3. The lowest BCUT2D eigenvalue weighted by Gasteiger charge is -2.32. The highest BCUT2D eigenvalue weighted by Crippen LogP contribution is 2.55. The Labute approximate surface area is 368 Å². The summed E-state index contributed by atoms with van der Waals surface area (Å²) in [7, 11) is 0. The molecule has 2 aliphatic carbocycles. The van der Waals surface area contributed by atoms with Gasteiger partial charge in [-0.1, -0.05) is 191 Å². The number of benzene rings is 9. The summed E-state index contributed by atoms with van der Waals surface area (Å²) < 4.78 is 2.65. The van der Waals surface area contributed by atoms with Crippen LogP contribution in [0.15, 0.2) is 200 Å². The van der Waals surface area contributed by atoms with E-state index in [-0.39, 0.29) is 10.8 Å². The van der Waals surface area contributed by atoms with Gasteiger partial charge in [0, 0.05) is 47.8 Å². The van der Waals surface area contributed by atoms with E-state index in [0.717, 1.165) is 17.1 Å². The molecular formula is C60H45NS. The van der Waals surface area contributed by atoms with Crippen molar-refractivity contribution in [3.63, 3.8) is 0 Å². The first-order valence-corrected chi connectivity index (χ1v) is 22.6. The third-order valence-electron chi connectivity index (χ3n) is 13.9. The lowest BCUT2D eigenvalue weighted by atomic mass is 9.78. The van der Waals surface area contributed by atoms with E-state index in [1.807, 2.05) is 11.3 Å². The lowest BCUT2D eigenvalue weighted by molar-refractivity contribution is 0.660. The third kappa shape index (κ3) is 5.39. The smallest absolute Gasteiger partial charge is 0.0540 e. The summed E-state index contributed by atoms with van der Waals surface area (Å²) >= 11 is 1.89. The number of hydrogen-bond donors (Lipinski definition) is 0. The monoisotopic (exact) mass is 811 g/mol. The molecule has 0 unspecified atom stereocenters. The fourth-order valence-corrected chi connectivity index (χ4v) is 12.2. The molecular weight excluding hydrogens is 767 g/mol. The molecule has 12 rings (SSSR count). The molecule has 0 aliphatic heterocycles. The molecule has 9 aromatic carbocycles. The largest absolute Gasteiger partial charge is 0.309 e. The standard InChI is InChI=1S/C60H45NS/c1-59(2)51-26-10-5-18-43(51)45-36-33-39(37-53(45)59)41-17-7-12-28-54(41)61(40-34-31-38(32-35-40)42-22-15-25-50-47-21-9-14-30-56(47)62-58(42)50)55-29-13-8-20-46(55)49-24-16-23-48-44-19-6-11-27-52(44)60(3,4)57(48)49/h5-37H,1-4H3. The minimum Gasteiger partial charge on any atom is -0.309 e. The Morgan fingerprint density at radius 1 is 0.355 bits per heavy atom. The molecule has 0 saturated heterocycles. The SMILES string of the molecule is CC1(C)c2ccccc2-c2ccc(-c3ccccc3N(c3ccc(-c4cccc5c4sc4ccccc45)cc3)c3ccccc3-c3cccc4c3C(C)(C)c3ccccc3-4)cc21. The molecule has 0 saturated carbocycles. The number of fused-ring (bicyclic) bond motifs is 9. The number of para-hydroxylation sites is 2. The van der Waals surface area contributed by atoms with Gasteiger partial charge in [0.05, 0.1) is 11.4 Å². The molecule has 2 heteroatoms. The minimum atomic E-state index is -0.164. The summed E-state index contributed by atoms with van der Waals surface area (Å²) in [5.74, 6) is 0. The summed E-state index contributed by atoms with van der Waals surface area (Å²) in [6, 6.07) is 74.7. The van der Waals surface area contributed by atoms with E-state index in [0.29, 0.717) is 0 Å². The average molecular weight is 812 g/mol. The number of hydrogen-bond acceptors (Lipinski definition) is 2. The van der Waals surface area contributed by atoms with E-state index in [4.69, 9.17) is 0 Å². The zero-order valence-electron chi connectivity index (χ0n) is 35.4. The molecule has 1 aromatic heterocycles. The molecule has 1 nitrogen and oxygen atoms in total. The maximum absolute atomic E-state index is 2.51. The van der Waals surface area contributed by atoms with Crippen LogP contribution in [0.3, 0.4) is 0 Å². The highest BCUT2D eigenvalue weighted by molar-refractivity contribution is 7.26. The Balaban J connectivity index is 1.06. The van der Waals surface area contributed by atoms with Gasteiger partial charge in [0.1, 0.15) is 0 Å². The van der Waals surface area contributed by atoms with Gasteiger partial charge in [0.2, 0.25) is 0 Å². The van der Waals surface area contributed by atoms with Gasteiger partial charge in [-0.25, -0.2) is 0 Å². The van der Waals surface area contributed by atoms with Crippen molar-refractivity contribution < 1.29 is 0 Å². The van der Waals surface area contributed by atoms with Crippen LogP contribution in [0.4, 0.5) is 17.1 Å². The number of rotatable bonds is 6. The second kappa shape index (κ2) is 13.8. The van der Waals surface area contributed by atoms with Gasteiger partial charge >= 0.3 is 0 Å². The van der Waals surface area contributed by atoms with E-state index in [1.165, 1.54) is 98.1 Å². The Bertz CT molecular complexity index is 3420. The molecule has 10 aromatic rings. The molecule has 0 atom stereocenters. The van der Waals surface area contributed by atoms with E-state index in [9.17, 15) is 0 Å². The van der Waals surface area contributed by atoms with Crippen molar-refractivity contribution >= 4 is 48.6 Å². The maximum atomic E-state index is 2.51. The first-order valence-electron chi connectivity index (χ1n) is 21.8. The van der Waals surface area contributed by atoms with Gasteiger partial charge in [0.25, 0.3) is 0 Å². The highest BCUT2D eigenvalue weighted by atomic mass is 32.1. The summed E-state index contributed by atoms with van der Waals surface area (Å²) in [4.78, 5) is 2.51. The molecule has 0 spiro atoms. The molecule has 1 heterocycles. The Morgan fingerprint density at radius 2 is 0.855 bits per heavy atom. The summed E-state index contributed by atoms with van der Waals surface area (Å²) in [5, 5.41) is 2.64. The number of nitrogens with zero attached hydrogens (tertiary/aromatic N) is 1. The van der Waals surface area contributed by atoms with Crippen LogP contribution < -0.4 is 4.90 Å². The van der Waals surface area contributed by atoms with Crippen molar-refractivity contribution in [2.45, 2.75) is 38.5 Å². The van der Waals surface area contributed by atoms with Crippen molar-refractivity contribution in [1.82, 2.24) is 0 Å². The first kappa shape index (κ1) is 36.8. The fraction of sp³-hybridized carbons (Fsp3) is 0.100. The number of thiophene rings is 1. The second-order valence-electron chi connectivity index (χ2n) is 18.0. The Morgan fingerprint density at radius 3 is 1.61 bits per heavy atom. The lowest BCUT2D eigenvalue weighted by Crippen LogP contribution is -2.17. The van der Waals surface area contributed by atoms with Crippen LogP contribution in [0.25, 0.3) is 75.8 Å². The van der Waals surface area contributed by atoms with Gasteiger partial charge in [0.15, 0.2) is 0 Å². The van der Waals surface area contributed by atoms with Crippen molar-refractivity contribution in [3.05, 3.63) is 222 Å². The molecule has 296 valence electrons. The quantitative estimate of drug-likeness (QED) is 0.162. The van der Waals surface area contributed by atoms with Crippen molar-refractivity contribution in [2.24, 2.45) is 0 Å². The second-order valence-corrected chi connectivity index (χ2v) is 19.1.